The minimum Gasteiger partial charge on any atom is -0.486 e. The molecule has 0 atom stereocenters. The molecule has 144 valence electrons. The number of aryl methyl sites for hydroxylation is 1. The summed E-state index contributed by atoms with van der Waals surface area (Å²) < 4.78 is 43.7. The highest BCUT2D eigenvalue weighted by Crippen LogP contribution is 2.25. The molecular formula is C17H15ClF3N3O2S. The first-order valence-electron chi connectivity index (χ1n) is 7.77. The number of rotatable bonds is 7. The molecule has 2 rings (SSSR count). The molecule has 1 aromatic heterocycles. The third kappa shape index (κ3) is 6.41. The molecule has 0 N–H and O–H groups in total. The maximum Gasteiger partial charge on any atom is 0.406 e. The van der Waals surface area contributed by atoms with Crippen molar-refractivity contribution in [1.29, 1.82) is 5.26 Å². The average Bonchev–Trinajstić information content (AvgIpc) is 2.97. The number of halogens is 4. The van der Waals surface area contributed by atoms with Gasteiger partial charge in [-0.15, -0.1) is 11.3 Å². The van der Waals surface area contributed by atoms with Crippen molar-refractivity contribution in [2.45, 2.75) is 26.1 Å². The van der Waals surface area contributed by atoms with Gasteiger partial charge in [-0.1, -0.05) is 11.6 Å². The Morgan fingerprint density at radius 2 is 2.04 bits per heavy atom. The number of carbonyl (C=O) groups excluding carboxylic acids is 1. The van der Waals surface area contributed by atoms with Crippen molar-refractivity contribution >= 4 is 28.8 Å². The maximum absolute atomic E-state index is 12.7. The van der Waals surface area contributed by atoms with E-state index in [1.54, 1.807) is 37.3 Å². The molecule has 0 radical (unpaired) electrons. The molecule has 0 unspecified atom stereocenters. The highest BCUT2D eigenvalue weighted by Gasteiger charge is 2.34. The predicted octanol–water partition coefficient (Wildman–Crippen LogP) is 4.60. The average molecular weight is 418 g/mol. The molecule has 0 saturated heterocycles. The van der Waals surface area contributed by atoms with Gasteiger partial charge in [0.05, 0.1) is 18.2 Å². The van der Waals surface area contributed by atoms with E-state index in [0.717, 1.165) is 11.3 Å². The van der Waals surface area contributed by atoms with Crippen LogP contribution in [0.15, 0.2) is 24.3 Å². The van der Waals surface area contributed by atoms with E-state index < -0.39 is 18.6 Å². The Balaban J connectivity index is 2.11. The fraction of sp³-hybridized carbons (Fsp3) is 0.353. The highest BCUT2D eigenvalue weighted by atomic mass is 35.5. The Morgan fingerprint density at radius 3 is 2.63 bits per heavy atom. The van der Waals surface area contributed by atoms with Gasteiger partial charge >= 0.3 is 6.18 Å². The molecule has 0 spiro atoms. The first kappa shape index (κ1) is 21.0. The van der Waals surface area contributed by atoms with Crippen molar-refractivity contribution in [1.82, 2.24) is 9.88 Å². The molecule has 0 bridgehead atoms. The van der Waals surface area contributed by atoms with Gasteiger partial charge in [0.1, 0.15) is 28.8 Å². The van der Waals surface area contributed by atoms with Crippen molar-refractivity contribution in [3.8, 4) is 11.8 Å². The summed E-state index contributed by atoms with van der Waals surface area (Å²) in [5, 5.41) is 9.63. The van der Waals surface area contributed by atoms with E-state index in [0.29, 0.717) is 26.4 Å². The fourth-order valence-corrected chi connectivity index (χ4v) is 3.26. The first-order chi connectivity index (χ1) is 12.7. The smallest absolute Gasteiger partial charge is 0.406 e. The van der Waals surface area contributed by atoms with Crippen LogP contribution in [-0.4, -0.2) is 35.1 Å². The minimum atomic E-state index is -4.55. The van der Waals surface area contributed by atoms with Crippen molar-refractivity contribution in [3.05, 3.63) is 44.9 Å². The molecule has 1 aromatic carbocycles. The van der Waals surface area contributed by atoms with E-state index in [2.05, 4.69) is 4.98 Å². The second kappa shape index (κ2) is 9.06. The number of benzene rings is 1. The molecule has 0 fully saturated rings. The molecule has 0 aliphatic carbocycles. The third-order valence-corrected chi connectivity index (χ3v) is 4.73. The Hall–Kier alpha value is -2.31. The lowest BCUT2D eigenvalue weighted by molar-refractivity contribution is -0.140. The van der Waals surface area contributed by atoms with Gasteiger partial charge in [0.2, 0.25) is 0 Å². The number of aromatic nitrogens is 1. The zero-order valence-electron chi connectivity index (χ0n) is 14.2. The van der Waals surface area contributed by atoms with E-state index in [-0.39, 0.29) is 24.4 Å². The van der Waals surface area contributed by atoms with Crippen molar-refractivity contribution in [3.63, 3.8) is 0 Å². The molecule has 0 saturated carbocycles. The predicted molar refractivity (Wildman–Crippen MR) is 94.8 cm³/mol. The van der Waals surface area contributed by atoms with Crippen LogP contribution in [0, 0.1) is 18.3 Å². The summed E-state index contributed by atoms with van der Waals surface area (Å²) in [6.07, 6.45) is -4.74. The highest BCUT2D eigenvalue weighted by molar-refractivity contribution is 7.13. The van der Waals surface area contributed by atoms with Crippen molar-refractivity contribution in [2.75, 3.05) is 13.1 Å². The molecule has 0 aliphatic heterocycles. The van der Waals surface area contributed by atoms with Crippen LogP contribution in [0.5, 0.6) is 5.75 Å². The van der Waals surface area contributed by atoms with Crippen molar-refractivity contribution < 1.29 is 22.7 Å². The van der Waals surface area contributed by atoms with Crippen molar-refractivity contribution in [2.24, 2.45) is 0 Å². The van der Waals surface area contributed by atoms with E-state index in [4.69, 9.17) is 21.6 Å². The molecule has 27 heavy (non-hydrogen) atoms. The summed E-state index contributed by atoms with van der Waals surface area (Å²) in [6.45, 7) is -0.103. The van der Waals surface area contributed by atoms with Crippen LogP contribution in [0.3, 0.4) is 0 Å². The standard InChI is InChI=1S/C17H15ClF3N3O2S/c1-11-15(16(25)24(8-2-7-22)10-17(19,20)21)27-14(23-11)9-26-13-5-3-12(18)4-6-13/h3-6H,2,8-10H2,1H3. The third-order valence-electron chi connectivity index (χ3n) is 3.36. The molecule has 5 nitrogen and oxygen atoms in total. The molecule has 1 amide bonds. The summed E-state index contributed by atoms with van der Waals surface area (Å²) in [4.78, 5) is 17.4. The summed E-state index contributed by atoms with van der Waals surface area (Å²) in [5.41, 5.74) is 0.323. The maximum atomic E-state index is 12.7. The molecule has 2 aromatic rings. The Bertz CT molecular complexity index is 831. The summed E-state index contributed by atoms with van der Waals surface area (Å²) in [5.74, 6) is -0.247. The van der Waals surface area contributed by atoms with Crippen LogP contribution < -0.4 is 4.74 Å². The topological polar surface area (TPSA) is 66.2 Å². The van der Waals surface area contributed by atoms with Gasteiger partial charge in [-0.2, -0.15) is 18.4 Å². The number of thiazole rings is 1. The Kier molecular flexibility index (Phi) is 7.05. The van der Waals surface area contributed by atoms with Gasteiger partial charge in [0.15, 0.2) is 0 Å². The lowest BCUT2D eigenvalue weighted by Gasteiger charge is -2.22. The molecule has 10 heteroatoms. The minimum absolute atomic E-state index is 0.0673. The number of nitrogens with zero attached hydrogens (tertiary/aromatic N) is 3. The number of alkyl halides is 3. The largest absolute Gasteiger partial charge is 0.486 e. The van der Waals surface area contributed by atoms with Gasteiger partial charge in [-0.05, 0) is 31.2 Å². The summed E-state index contributed by atoms with van der Waals surface area (Å²) in [7, 11) is 0. The van der Waals surface area contributed by atoms with E-state index in [1.807, 2.05) is 0 Å². The van der Waals surface area contributed by atoms with Crippen LogP contribution in [0.2, 0.25) is 5.02 Å². The van der Waals surface area contributed by atoms with Crippen LogP contribution in [-0.2, 0) is 6.61 Å². The van der Waals surface area contributed by atoms with E-state index in [1.165, 1.54) is 0 Å². The quantitative estimate of drug-likeness (QED) is 0.660. The Morgan fingerprint density at radius 1 is 1.37 bits per heavy atom. The van der Waals surface area contributed by atoms with Crippen LogP contribution >= 0.6 is 22.9 Å². The molecule has 0 aliphatic rings. The van der Waals surface area contributed by atoms with Crippen LogP contribution in [0.4, 0.5) is 13.2 Å². The number of nitriles is 1. The SMILES string of the molecule is Cc1nc(COc2ccc(Cl)cc2)sc1C(=O)N(CCC#N)CC(F)(F)F. The van der Waals surface area contributed by atoms with Gasteiger partial charge < -0.3 is 9.64 Å². The second-order valence-electron chi connectivity index (χ2n) is 5.51. The molecule has 1 heterocycles. The van der Waals surface area contributed by atoms with Gasteiger partial charge in [0, 0.05) is 11.6 Å². The van der Waals surface area contributed by atoms with E-state index in [9.17, 15) is 18.0 Å². The number of ether oxygens (including phenoxy) is 1. The van der Waals surface area contributed by atoms with Gasteiger partial charge in [-0.25, -0.2) is 4.98 Å². The fourth-order valence-electron chi connectivity index (χ4n) is 2.19. The van der Waals surface area contributed by atoms with Gasteiger partial charge in [0.25, 0.3) is 5.91 Å². The van der Waals surface area contributed by atoms with Gasteiger partial charge in [-0.3, -0.25) is 4.79 Å². The molecular weight excluding hydrogens is 403 g/mol. The normalized spacial score (nSPS) is 11.1. The number of amides is 1. The second-order valence-corrected chi connectivity index (χ2v) is 7.03. The van der Waals surface area contributed by atoms with E-state index >= 15 is 0 Å². The first-order valence-corrected chi connectivity index (χ1v) is 8.96. The zero-order chi connectivity index (χ0) is 20.0. The Labute approximate surface area is 162 Å². The number of hydrogen-bond donors (Lipinski definition) is 0. The number of hydrogen-bond acceptors (Lipinski definition) is 5. The lowest BCUT2D eigenvalue weighted by atomic mass is 10.3. The van der Waals surface area contributed by atoms with Crippen LogP contribution in [0.25, 0.3) is 0 Å². The summed E-state index contributed by atoms with van der Waals surface area (Å²) in [6, 6.07) is 8.40. The lowest BCUT2D eigenvalue weighted by Crippen LogP contribution is -2.39. The zero-order valence-corrected chi connectivity index (χ0v) is 15.8. The number of carbonyl (C=O) groups is 1. The van der Waals surface area contributed by atoms with Crippen LogP contribution in [0.1, 0.15) is 26.8 Å². The monoisotopic (exact) mass is 417 g/mol. The summed E-state index contributed by atoms with van der Waals surface area (Å²) >= 11 is 6.77.